The second-order valence-corrected chi connectivity index (χ2v) is 6.78. The molecule has 0 saturated heterocycles. The third kappa shape index (κ3) is 4.12. The fourth-order valence-electron chi connectivity index (χ4n) is 2.04. The molecular weight excluding hydrogens is 333 g/mol. The minimum Gasteiger partial charge on any atom is -0.309 e. The molecular formula is C15H16Cl3NS. The third-order valence-electron chi connectivity index (χ3n) is 3.04. The topological polar surface area (TPSA) is 12.0 Å². The summed E-state index contributed by atoms with van der Waals surface area (Å²) in [7, 11) is 0. The first-order valence-corrected chi connectivity index (χ1v) is 8.53. The minimum absolute atomic E-state index is 0.182. The summed E-state index contributed by atoms with van der Waals surface area (Å²) in [5, 5.41) is 7.73. The normalized spacial score (nSPS) is 12.6. The zero-order valence-electron chi connectivity index (χ0n) is 11.1. The molecule has 0 aliphatic rings. The standard InChI is InChI=1S/C15H16Cl3NS/c1-2-6-19-14(15-12(17)5-7-20-15)8-10-3-4-11(16)9-13(10)18/h3-5,7,9,14,19H,2,6,8H2,1H3. The van der Waals surface area contributed by atoms with Gasteiger partial charge in [-0.15, -0.1) is 11.3 Å². The highest BCUT2D eigenvalue weighted by Crippen LogP contribution is 2.32. The number of hydrogen-bond donors (Lipinski definition) is 1. The number of benzene rings is 1. The Hall–Kier alpha value is -0.250. The lowest BCUT2D eigenvalue weighted by Gasteiger charge is -2.18. The quantitative estimate of drug-likeness (QED) is 0.676. The molecule has 1 aromatic heterocycles. The zero-order valence-corrected chi connectivity index (χ0v) is 14.2. The number of nitrogens with one attached hydrogen (secondary N) is 1. The Kier molecular flexibility index (Phi) is 6.19. The van der Waals surface area contributed by atoms with Crippen molar-refractivity contribution in [1.82, 2.24) is 5.32 Å². The van der Waals surface area contributed by atoms with Gasteiger partial charge in [0.1, 0.15) is 0 Å². The van der Waals surface area contributed by atoms with Gasteiger partial charge in [0.15, 0.2) is 0 Å². The van der Waals surface area contributed by atoms with Gasteiger partial charge in [0.25, 0.3) is 0 Å². The molecule has 0 saturated carbocycles. The lowest BCUT2D eigenvalue weighted by Crippen LogP contribution is -2.23. The Morgan fingerprint density at radius 2 is 1.95 bits per heavy atom. The molecule has 1 N–H and O–H groups in total. The van der Waals surface area contributed by atoms with Crippen molar-refractivity contribution in [1.29, 1.82) is 0 Å². The molecule has 0 aliphatic heterocycles. The van der Waals surface area contributed by atoms with Gasteiger partial charge in [-0.05, 0) is 48.5 Å². The van der Waals surface area contributed by atoms with Crippen LogP contribution in [0.15, 0.2) is 29.6 Å². The van der Waals surface area contributed by atoms with Crippen LogP contribution in [0.5, 0.6) is 0 Å². The van der Waals surface area contributed by atoms with Crippen molar-refractivity contribution in [3.8, 4) is 0 Å². The highest BCUT2D eigenvalue weighted by atomic mass is 35.5. The van der Waals surface area contributed by atoms with Crippen LogP contribution in [0.3, 0.4) is 0 Å². The fourth-order valence-corrected chi connectivity index (χ4v) is 3.79. The molecule has 5 heteroatoms. The monoisotopic (exact) mass is 347 g/mol. The van der Waals surface area contributed by atoms with E-state index in [0.29, 0.717) is 10.0 Å². The first-order chi connectivity index (χ1) is 9.61. The Bertz CT molecular complexity index is 568. The Morgan fingerprint density at radius 1 is 1.15 bits per heavy atom. The molecule has 0 aliphatic carbocycles. The predicted octanol–water partition coefficient (Wildman–Crippen LogP) is 5.99. The van der Waals surface area contributed by atoms with Crippen molar-refractivity contribution in [2.75, 3.05) is 6.54 Å². The Morgan fingerprint density at radius 3 is 2.55 bits per heavy atom. The Balaban J connectivity index is 2.21. The SMILES string of the molecule is CCCNC(Cc1ccc(Cl)cc1Cl)c1sccc1Cl. The van der Waals surface area contributed by atoms with E-state index in [2.05, 4.69) is 12.2 Å². The molecule has 1 nitrogen and oxygen atoms in total. The van der Waals surface area contributed by atoms with Crippen LogP contribution < -0.4 is 5.32 Å². The largest absolute Gasteiger partial charge is 0.309 e. The molecule has 0 radical (unpaired) electrons. The molecule has 1 unspecified atom stereocenters. The van der Waals surface area contributed by atoms with Crippen molar-refractivity contribution in [2.45, 2.75) is 25.8 Å². The first-order valence-electron chi connectivity index (χ1n) is 6.52. The average molecular weight is 349 g/mol. The van der Waals surface area contributed by atoms with E-state index in [9.17, 15) is 0 Å². The van der Waals surface area contributed by atoms with Gasteiger partial charge >= 0.3 is 0 Å². The van der Waals surface area contributed by atoms with Crippen LogP contribution in [-0.4, -0.2) is 6.54 Å². The van der Waals surface area contributed by atoms with Crippen molar-refractivity contribution in [3.05, 3.63) is 55.2 Å². The number of rotatable bonds is 6. The summed E-state index contributed by atoms with van der Waals surface area (Å²) in [4.78, 5) is 1.16. The van der Waals surface area contributed by atoms with Gasteiger partial charge in [-0.3, -0.25) is 0 Å². The van der Waals surface area contributed by atoms with E-state index in [4.69, 9.17) is 34.8 Å². The van der Waals surface area contributed by atoms with Crippen LogP contribution in [0.2, 0.25) is 15.1 Å². The third-order valence-corrected chi connectivity index (χ3v) is 5.10. The molecule has 0 spiro atoms. The van der Waals surface area contributed by atoms with E-state index in [1.807, 2.05) is 23.6 Å². The van der Waals surface area contributed by atoms with Crippen LogP contribution >= 0.6 is 46.1 Å². The summed E-state index contributed by atoms with van der Waals surface area (Å²) in [5.41, 5.74) is 1.08. The van der Waals surface area contributed by atoms with Gasteiger partial charge in [0.05, 0.1) is 5.02 Å². The molecule has 1 heterocycles. The van der Waals surface area contributed by atoms with E-state index in [0.717, 1.165) is 34.8 Å². The molecule has 1 atom stereocenters. The van der Waals surface area contributed by atoms with Crippen LogP contribution in [0.1, 0.15) is 29.8 Å². The number of halogens is 3. The summed E-state index contributed by atoms with van der Waals surface area (Å²) in [6.45, 7) is 3.10. The molecule has 108 valence electrons. The molecule has 1 aromatic carbocycles. The maximum Gasteiger partial charge on any atom is 0.0561 e. The summed E-state index contributed by atoms with van der Waals surface area (Å²) < 4.78 is 0. The first kappa shape index (κ1) is 16.1. The van der Waals surface area contributed by atoms with Gasteiger partial charge in [0, 0.05) is 21.0 Å². The maximum absolute atomic E-state index is 6.27. The highest BCUT2D eigenvalue weighted by Gasteiger charge is 2.17. The molecule has 0 amide bonds. The molecule has 2 aromatic rings. The van der Waals surface area contributed by atoms with E-state index in [1.54, 1.807) is 17.4 Å². The van der Waals surface area contributed by atoms with Crippen LogP contribution in [0.25, 0.3) is 0 Å². The van der Waals surface area contributed by atoms with Gasteiger partial charge in [-0.1, -0.05) is 47.8 Å². The van der Waals surface area contributed by atoms with Gasteiger partial charge in [0.2, 0.25) is 0 Å². The van der Waals surface area contributed by atoms with Crippen molar-refractivity contribution < 1.29 is 0 Å². The van der Waals surface area contributed by atoms with Crippen LogP contribution in [0, 0.1) is 0 Å². The van der Waals surface area contributed by atoms with Gasteiger partial charge in [-0.2, -0.15) is 0 Å². The Labute approximate surface area is 138 Å². The van der Waals surface area contributed by atoms with E-state index in [1.165, 1.54) is 0 Å². The van der Waals surface area contributed by atoms with E-state index in [-0.39, 0.29) is 6.04 Å². The van der Waals surface area contributed by atoms with Crippen LogP contribution in [0.4, 0.5) is 0 Å². The fraction of sp³-hybridized carbons (Fsp3) is 0.333. The summed E-state index contributed by atoms with van der Waals surface area (Å²) in [6, 6.07) is 7.75. The van der Waals surface area contributed by atoms with E-state index >= 15 is 0 Å². The summed E-state index contributed by atoms with van der Waals surface area (Å²) in [5.74, 6) is 0. The average Bonchev–Trinajstić information content (AvgIpc) is 2.83. The van der Waals surface area contributed by atoms with Crippen molar-refractivity contribution in [2.24, 2.45) is 0 Å². The predicted molar refractivity (Wildman–Crippen MR) is 90.5 cm³/mol. The lowest BCUT2D eigenvalue weighted by atomic mass is 10.0. The minimum atomic E-state index is 0.182. The molecule has 0 fully saturated rings. The summed E-state index contributed by atoms with van der Waals surface area (Å²) in [6.07, 6.45) is 1.88. The van der Waals surface area contributed by atoms with Crippen molar-refractivity contribution >= 4 is 46.1 Å². The molecule has 20 heavy (non-hydrogen) atoms. The number of hydrogen-bond acceptors (Lipinski definition) is 2. The smallest absolute Gasteiger partial charge is 0.0561 e. The zero-order chi connectivity index (χ0) is 14.5. The second-order valence-electron chi connectivity index (χ2n) is 4.58. The van der Waals surface area contributed by atoms with Crippen LogP contribution in [-0.2, 0) is 6.42 Å². The molecule has 0 bridgehead atoms. The maximum atomic E-state index is 6.27. The van der Waals surface area contributed by atoms with Gasteiger partial charge in [-0.25, -0.2) is 0 Å². The molecule has 2 rings (SSSR count). The van der Waals surface area contributed by atoms with Gasteiger partial charge < -0.3 is 5.32 Å². The highest BCUT2D eigenvalue weighted by molar-refractivity contribution is 7.10. The van der Waals surface area contributed by atoms with Crippen molar-refractivity contribution in [3.63, 3.8) is 0 Å². The van der Waals surface area contributed by atoms with E-state index < -0.39 is 0 Å². The second kappa shape index (κ2) is 7.67. The number of thiophene rings is 1. The lowest BCUT2D eigenvalue weighted by molar-refractivity contribution is 0.537. The summed E-state index contributed by atoms with van der Waals surface area (Å²) >= 11 is 20.1.